The van der Waals surface area contributed by atoms with Gasteiger partial charge in [-0.15, -0.1) is 0 Å². The van der Waals surface area contributed by atoms with E-state index < -0.39 is 52.9 Å². The molecule has 0 heterocycles. The predicted molar refractivity (Wildman–Crippen MR) is 134 cm³/mol. The van der Waals surface area contributed by atoms with Gasteiger partial charge in [-0.25, -0.2) is 0 Å². The van der Waals surface area contributed by atoms with E-state index in [9.17, 15) is 35.7 Å². The van der Waals surface area contributed by atoms with Crippen molar-refractivity contribution in [2.75, 3.05) is 11.5 Å². The molecule has 2 rings (SSSR count). The zero-order valence-corrected chi connectivity index (χ0v) is 22.8. The van der Waals surface area contributed by atoms with E-state index in [1.165, 1.54) is 31.2 Å². The van der Waals surface area contributed by atoms with Crippen molar-refractivity contribution < 1.29 is 35.7 Å². The first-order chi connectivity index (χ1) is 16.5. The van der Waals surface area contributed by atoms with E-state index in [1.54, 1.807) is 0 Å². The minimum absolute atomic E-state index is 0.0642. The van der Waals surface area contributed by atoms with Crippen LogP contribution in [0.4, 0.5) is 26.3 Å². The van der Waals surface area contributed by atoms with E-state index in [0.29, 0.717) is 5.56 Å². The van der Waals surface area contributed by atoms with E-state index in [1.807, 2.05) is 0 Å². The molecule has 0 aliphatic rings. The summed E-state index contributed by atoms with van der Waals surface area (Å²) in [7, 11) is 0. The summed E-state index contributed by atoms with van der Waals surface area (Å²) in [4.78, 5) is 12.5. The van der Waals surface area contributed by atoms with E-state index in [-0.39, 0.29) is 30.7 Å². The Morgan fingerprint density at radius 1 is 1.11 bits per heavy atom. The van der Waals surface area contributed by atoms with E-state index in [0.717, 1.165) is 18.2 Å². The lowest BCUT2D eigenvalue weighted by molar-refractivity contribution is -0.139. The van der Waals surface area contributed by atoms with Gasteiger partial charge in [-0.2, -0.15) is 26.3 Å². The average molecular weight is 660 g/mol. The lowest BCUT2D eigenvalue weighted by Crippen LogP contribution is -2.39. The molecule has 0 aliphatic heterocycles. The summed E-state index contributed by atoms with van der Waals surface area (Å²) in [6, 6.07) is 5.44. The highest BCUT2D eigenvalue weighted by molar-refractivity contribution is 9.10. The molecule has 0 radical (unpaired) electrons. The minimum Gasteiger partial charge on any atom is -0.616 e. The maximum absolute atomic E-state index is 13.7. The average Bonchev–Trinajstić information content (AvgIpc) is 2.69. The van der Waals surface area contributed by atoms with Crippen LogP contribution in [-0.2, 0) is 11.2 Å². The summed E-state index contributed by atoms with van der Waals surface area (Å²) in [5, 5.41) is 2.13. The van der Waals surface area contributed by atoms with Crippen LogP contribution in [0.3, 0.4) is 0 Å². The van der Waals surface area contributed by atoms with Crippen molar-refractivity contribution in [3.8, 4) is 0 Å². The number of carbonyl (C=O) groups is 1. The molecule has 2 aromatic rings. The van der Waals surface area contributed by atoms with Crippen LogP contribution in [0, 0.1) is 0 Å². The van der Waals surface area contributed by atoms with Crippen LogP contribution in [-0.4, -0.2) is 40.4 Å². The van der Waals surface area contributed by atoms with Crippen LogP contribution in [0.1, 0.15) is 34.3 Å². The van der Waals surface area contributed by atoms with Crippen molar-refractivity contribution in [3.05, 3.63) is 72.6 Å². The number of halogens is 10. The Morgan fingerprint density at radius 2 is 1.69 bits per heavy atom. The van der Waals surface area contributed by atoms with Crippen LogP contribution in [0.2, 0.25) is 15.1 Å². The molecule has 0 spiro atoms. The van der Waals surface area contributed by atoms with Gasteiger partial charge < -0.3 is 9.87 Å². The van der Waals surface area contributed by atoms with Gasteiger partial charge in [0, 0.05) is 4.47 Å². The molecular formula is C22H17BrCl3F6NO2S. The van der Waals surface area contributed by atoms with Crippen LogP contribution in [0.15, 0.2) is 40.9 Å². The van der Waals surface area contributed by atoms with E-state index in [2.05, 4.69) is 21.2 Å². The van der Waals surface area contributed by atoms with Gasteiger partial charge in [-0.3, -0.25) is 4.79 Å². The smallest absolute Gasteiger partial charge is 0.433 e. The first-order valence-electron chi connectivity index (χ1n) is 9.89. The molecule has 2 unspecified atom stereocenters. The molecule has 14 heteroatoms. The second kappa shape index (κ2) is 12.6. The van der Waals surface area contributed by atoms with Crippen molar-refractivity contribution >= 4 is 73.9 Å². The number of hydrogen-bond donors (Lipinski definition) is 1. The molecule has 0 bridgehead atoms. The molecule has 0 fully saturated rings. The fraction of sp³-hybridized carbons (Fsp3) is 0.318. The molecule has 0 aromatic heterocycles. The number of amides is 1. The summed E-state index contributed by atoms with van der Waals surface area (Å²) >= 11 is 18.5. The van der Waals surface area contributed by atoms with Gasteiger partial charge in [0.1, 0.15) is 5.75 Å². The van der Waals surface area contributed by atoms with Crippen molar-refractivity contribution in [2.45, 2.75) is 31.2 Å². The highest BCUT2D eigenvalue weighted by Gasteiger charge is 2.39. The monoisotopic (exact) mass is 657 g/mol. The van der Waals surface area contributed by atoms with Crippen LogP contribution < -0.4 is 5.32 Å². The van der Waals surface area contributed by atoms with Gasteiger partial charge in [0.05, 0.1) is 32.6 Å². The first-order valence-corrected chi connectivity index (χ1v) is 13.3. The number of hydrogen-bond acceptors (Lipinski definition) is 2. The van der Waals surface area contributed by atoms with Crippen molar-refractivity contribution in [2.24, 2.45) is 0 Å². The number of alkyl halides is 6. The summed E-state index contributed by atoms with van der Waals surface area (Å²) in [6.45, 7) is 1.41. The number of allylic oxidation sites excluding steroid dienone is 1. The number of benzene rings is 2. The molecular weight excluding hydrogens is 643 g/mol. The van der Waals surface area contributed by atoms with Crippen molar-refractivity contribution in [1.82, 2.24) is 5.32 Å². The van der Waals surface area contributed by atoms with E-state index in [4.69, 9.17) is 34.8 Å². The highest BCUT2D eigenvalue weighted by Crippen LogP contribution is 2.41. The summed E-state index contributed by atoms with van der Waals surface area (Å²) in [6.07, 6.45) is -7.16. The predicted octanol–water partition coefficient (Wildman–Crippen LogP) is 8.20. The third-order valence-electron chi connectivity index (χ3n) is 4.57. The normalized spacial score (nSPS) is 15.1. The number of carbonyl (C=O) groups excluding carboxylic acids is 1. The quantitative estimate of drug-likeness (QED) is 0.177. The highest BCUT2D eigenvalue weighted by atomic mass is 79.9. The molecule has 0 saturated heterocycles. The van der Waals surface area contributed by atoms with Crippen molar-refractivity contribution in [1.29, 1.82) is 0 Å². The fourth-order valence-electron chi connectivity index (χ4n) is 3.05. The van der Waals surface area contributed by atoms with Gasteiger partial charge in [-0.1, -0.05) is 53.0 Å². The second-order valence-corrected chi connectivity index (χ2v) is 11.2. The Hall–Kier alpha value is -1.11. The summed E-state index contributed by atoms with van der Waals surface area (Å²) in [5.74, 6) is -4.59. The molecule has 1 N–H and O–H groups in total. The molecule has 0 saturated carbocycles. The van der Waals surface area contributed by atoms with Gasteiger partial charge in [0.25, 0.3) is 5.91 Å². The molecule has 2 aromatic carbocycles. The second-order valence-electron chi connectivity index (χ2n) is 7.66. The Morgan fingerprint density at radius 3 is 2.19 bits per heavy atom. The Bertz CT molecular complexity index is 1110. The van der Waals surface area contributed by atoms with Gasteiger partial charge in [0.15, 0.2) is 0 Å². The maximum Gasteiger partial charge on any atom is 0.433 e. The van der Waals surface area contributed by atoms with Crippen molar-refractivity contribution in [3.63, 3.8) is 0 Å². The molecule has 3 nitrogen and oxygen atoms in total. The first kappa shape index (κ1) is 31.1. The number of nitrogens with one attached hydrogen (secondary N) is 1. The molecule has 3 atom stereocenters. The Balaban J connectivity index is 2.17. The largest absolute Gasteiger partial charge is 0.616 e. The molecule has 36 heavy (non-hydrogen) atoms. The van der Waals surface area contributed by atoms with E-state index >= 15 is 0 Å². The SMILES string of the molecule is C[C@H](C[S+]([O-])CC(F)(F)F)NC(=O)c1ccc(/C=C/C(c2cc(Cl)c(Cl)c(Cl)c2)C(F)(F)F)cc1Br. The van der Waals surface area contributed by atoms with Gasteiger partial charge >= 0.3 is 12.4 Å². The zero-order chi connectivity index (χ0) is 27.4. The zero-order valence-electron chi connectivity index (χ0n) is 18.1. The summed E-state index contributed by atoms with van der Waals surface area (Å²) < 4.78 is 89.9. The lowest BCUT2D eigenvalue weighted by atomic mass is 9.97. The van der Waals surface area contributed by atoms with Crippen LogP contribution >= 0.6 is 50.7 Å². The summed E-state index contributed by atoms with van der Waals surface area (Å²) in [5.41, 5.74) is 0.188. The van der Waals surface area contributed by atoms with Gasteiger partial charge in [-0.05, 0) is 69.4 Å². The third kappa shape index (κ3) is 9.33. The third-order valence-corrected chi connectivity index (χ3v) is 7.95. The Labute approximate surface area is 229 Å². The topological polar surface area (TPSA) is 52.2 Å². The molecule has 198 valence electrons. The van der Waals surface area contributed by atoms with Gasteiger partial charge in [0.2, 0.25) is 5.75 Å². The standard InChI is InChI=1S/C22H17BrCl3F6NO2S/c1-11(9-36(35)10-21(27,28)29)33-20(34)14-4-2-12(6-16(14)23)3-5-15(22(30,31)32)13-7-17(24)19(26)18(25)8-13/h2-8,11,15H,9-10H2,1H3,(H,33,34)/b5-3+/t11-,15?,36?/m1/s1. The molecule has 0 aliphatic carbocycles. The Kier molecular flexibility index (Phi) is 10.9. The minimum atomic E-state index is -4.67. The maximum atomic E-state index is 13.7. The lowest BCUT2D eigenvalue weighted by Gasteiger charge is -2.19. The van der Waals surface area contributed by atoms with Crippen LogP contribution in [0.25, 0.3) is 6.08 Å². The van der Waals surface area contributed by atoms with Crippen LogP contribution in [0.5, 0.6) is 0 Å². The fourth-order valence-corrected chi connectivity index (χ4v) is 5.37. The number of rotatable bonds is 8. The molecule has 1 amide bonds.